The monoisotopic (exact) mass is 260 g/mol. The van der Waals surface area contributed by atoms with Gasteiger partial charge in [0.15, 0.2) is 0 Å². The van der Waals surface area contributed by atoms with Crippen LogP contribution in [0.2, 0.25) is 0 Å². The number of anilines is 1. The van der Waals surface area contributed by atoms with Gasteiger partial charge < -0.3 is 5.32 Å². The summed E-state index contributed by atoms with van der Waals surface area (Å²) in [6.45, 7) is 0. The summed E-state index contributed by atoms with van der Waals surface area (Å²) in [6.07, 6.45) is 9.22. The van der Waals surface area contributed by atoms with Crippen molar-refractivity contribution < 1.29 is 0 Å². The van der Waals surface area contributed by atoms with Crippen molar-refractivity contribution in [3.05, 3.63) is 61.0 Å². The lowest BCUT2D eigenvalue weighted by atomic mass is 10.1. The average Bonchev–Trinajstić information content (AvgIpc) is 2.77. The second-order valence-electron chi connectivity index (χ2n) is 4.56. The molecule has 0 bridgehead atoms. The van der Waals surface area contributed by atoms with E-state index in [0.717, 1.165) is 22.7 Å². The predicted octanol–water partition coefficient (Wildman–Crippen LogP) is 3.31. The molecule has 2 aromatic rings. The van der Waals surface area contributed by atoms with Crippen LogP contribution >= 0.6 is 0 Å². The molecule has 96 valence electrons. The van der Waals surface area contributed by atoms with Crippen LogP contribution in [0.25, 0.3) is 10.8 Å². The summed E-state index contributed by atoms with van der Waals surface area (Å²) in [5.41, 5.74) is 2.08. The highest BCUT2D eigenvalue weighted by atomic mass is 15.3. The van der Waals surface area contributed by atoms with E-state index in [1.54, 1.807) is 12.5 Å². The third-order valence-electron chi connectivity index (χ3n) is 3.36. The normalized spacial score (nSPS) is 16.0. The fraction of sp³-hybridized carbons (Fsp3) is 0. The second-order valence-corrected chi connectivity index (χ2v) is 4.56. The Hall–Kier alpha value is -2.88. The van der Waals surface area contributed by atoms with Crippen LogP contribution in [0, 0.1) is 0 Å². The van der Waals surface area contributed by atoms with Gasteiger partial charge in [-0.1, -0.05) is 24.3 Å². The van der Waals surface area contributed by atoms with Crippen molar-refractivity contribution in [3.8, 4) is 0 Å². The molecule has 0 amide bonds. The van der Waals surface area contributed by atoms with E-state index in [2.05, 4.69) is 39.6 Å². The van der Waals surface area contributed by atoms with E-state index >= 15 is 0 Å². The zero-order valence-corrected chi connectivity index (χ0v) is 10.7. The van der Waals surface area contributed by atoms with Crippen molar-refractivity contribution in [2.75, 3.05) is 4.90 Å². The predicted molar refractivity (Wildman–Crippen MR) is 83.4 cm³/mol. The Morgan fingerprint density at radius 3 is 2.85 bits per heavy atom. The molecule has 0 radical (unpaired) electrons. The molecule has 2 heterocycles. The van der Waals surface area contributed by atoms with Crippen molar-refractivity contribution >= 4 is 34.4 Å². The largest absolute Gasteiger partial charge is 0.332 e. The third-order valence-corrected chi connectivity index (χ3v) is 3.36. The van der Waals surface area contributed by atoms with Crippen molar-refractivity contribution in [1.29, 1.82) is 0 Å². The lowest BCUT2D eigenvalue weighted by Gasteiger charge is -2.25. The Bertz CT molecular complexity index is 794. The summed E-state index contributed by atoms with van der Waals surface area (Å²) in [4.78, 5) is 10.9. The van der Waals surface area contributed by atoms with Gasteiger partial charge in [0.1, 0.15) is 6.34 Å². The smallest absolute Gasteiger partial charge is 0.212 e. The minimum absolute atomic E-state index is 0.737. The molecule has 2 aromatic carbocycles. The molecule has 0 unspecified atom stereocenters. The van der Waals surface area contributed by atoms with Crippen molar-refractivity contribution in [3.63, 3.8) is 0 Å². The van der Waals surface area contributed by atoms with E-state index < -0.39 is 0 Å². The molecule has 0 spiro atoms. The van der Waals surface area contributed by atoms with Gasteiger partial charge in [-0.15, -0.1) is 0 Å². The van der Waals surface area contributed by atoms with Gasteiger partial charge in [0.25, 0.3) is 0 Å². The molecule has 2 aliphatic rings. The van der Waals surface area contributed by atoms with E-state index in [9.17, 15) is 0 Å². The molecule has 0 aliphatic carbocycles. The molecular weight excluding hydrogens is 248 g/mol. The fourth-order valence-corrected chi connectivity index (χ4v) is 2.47. The Labute approximate surface area is 116 Å². The third kappa shape index (κ3) is 1.62. The fourth-order valence-electron chi connectivity index (χ4n) is 2.47. The molecule has 4 rings (SSSR count). The van der Waals surface area contributed by atoms with Crippen LogP contribution in [0.4, 0.5) is 11.4 Å². The Balaban J connectivity index is 1.92. The summed E-state index contributed by atoms with van der Waals surface area (Å²) < 4.78 is 0. The summed E-state index contributed by atoms with van der Waals surface area (Å²) >= 11 is 0. The highest BCUT2D eigenvalue weighted by molar-refractivity contribution is 6.20. The van der Waals surface area contributed by atoms with Gasteiger partial charge in [-0.05, 0) is 29.7 Å². The summed E-state index contributed by atoms with van der Waals surface area (Å²) in [7, 11) is 0. The molecule has 0 fully saturated rings. The molecule has 4 nitrogen and oxygen atoms in total. The second kappa shape index (κ2) is 4.35. The standard InChI is InChI=1S/C16H12N4/c1-2-10-18-16(17-9-1)20-11-19-13-7-3-5-12-6-4-8-14(20)15(12)13/h1-11H,(H,17,18). The quantitative estimate of drug-likeness (QED) is 0.789. The van der Waals surface area contributed by atoms with Gasteiger partial charge >= 0.3 is 0 Å². The number of hydrogen-bond donors (Lipinski definition) is 1. The van der Waals surface area contributed by atoms with E-state index in [4.69, 9.17) is 0 Å². The number of benzene rings is 2. The van der Waals surface area contributed by atoms with Crippen LogP contribution in [0.5, 0.6) is 0 Å². The van der Waals surface area contributed by atoms with Crippen LogP contribution in [-0.2, 0) is 0 Å². The minimum atomic E-state index is 0.737. The first kappa shape index (κ1) is 11.0. The van der Waals surface area contributed by atoms with E-state index in [1.165, 1.54) is 5.39 Å². The topological polar surface area (TPSA) is 40.0 Å². The zero-order chi connectivity index (χ0) is 13.4. The number of nitrogens with zero attached hydrogens (tertiary/aromatic N) is 3. The highest BCUT2D eigenvalue weighted by Crippen LogP contribution is 2.37. The van der Waals surface area contributed by atoms with Crippen LogP contribution in [-0.4, -0.2) is 12.3 Å². The van der Waals surface area contributed by atoms with Gasteiger partial charge in [0.05, 0.1) is 11.4 Å². The Kier molecular flexibility index (Phi) is 2.39. The van der Waals surface area contributed by atoms with E-state index in [-0.39, 0.29) is 0 Å². The summed E-state index contributed by atoms with van der Waals surface area (Å²) in [5, 5.41) is 5.50. The summed E-state index contributed by atoms with van der Waals surface area (Å²) in [6, 6.07) is 12.4. The van der Waals surface area contributed by atoms with Gasteiger partial charge in [-0.3, -0.25) is 4.90 Å². The number of nitrogens with one attached hydrogen (secondary N) is 1. The zero-order valence-electron chi connectivity index (χ0n) is 10.7. The van der Waals surface area contributed by atoms with Gasteiger partial charge in [0.2, 0.25) is 5.96 Å². The lowest BCUT2D eigenvalue weighted by molar-refractivity contribution is 1.20. The summed E-state index contributed by atoms with van der Waals surface area (Å²) in [5.74, 6) is 0.737. The van der Waals surface area contributed by atoms with Crippen molar-refractivity contribution in [2.24, 2.45) is 9.98 Å². The Morgan fingerprint density at radius 1 is 1.00 bits per heavy atom. The van der Waals surface area contributed by atoms with Crippen LogP contribution < -0.4 is 10.2 Å². The first-order valence-corrected chi connectivity index (χ1v) is 6.45. The SMILES string of the molecule is C1=CN=C(N2C=Nc3cccc4cccc2c34)NC=C1. The number of aliphatic imine (C=N–C) groups is 2. The van der Waals surface area contributed by atoms with Crippen molar-refractivity contribution in [1.82, 2.24) is 5.32 Å². The number of hydrogen-bond acceptors (Lipinski definition) is 4. The molecule has 0 saturated heterocycles. The van der Waals surface area contributed by atoms with E-state index in [1.807, 2.05) is 35.4 Å². The van der Waals surface area contributed by atoms with Crippen LogP contribution in [0.1, 0.15) is 0 Å². The Morgan fingerprint density at radius 2 is 1.90 bits per heavy atom. The van der Waals surface area contributed by atoms with Gasteiger partial charge in [-0.2, -0.15) is 0 Å². The molecule has 1 N–H and O–H groups in total. The number of rotatable bonds is 0. The number of guanidine groups is 1. The van der Waals surface area contributed by atoms with Crippen LogP contribution in [0.15, 0.2) is 70.9 Å². The highest BCUT2D eigenvalue weighted by Gasteiger charge is 2.19. The maximum atomic E-state index is 4.53. The maximum absolute atomic E-state index is 4.53. The van der Waals surface area contributed by atoms with Gasteiger partial charge in [0, 0.05) is 17.8 Å². The molecule has 0 saturated carbocycles. The van der Waals surface area contributed by atoms with Crippen molar-refractivity contribution in [2.45, 2.75) is 0 Å². The number of allylic oxidation sites excluding steroid dienone is 2. The van der Waals surface area contributed by atoms with Crippen LogP contribution in [0.3, 0.4) is 0 Å². The molecule has 0 atom stereocenters. The molecular formula is C16H12N4. The minimum Gasteiger partial charge on any atom is -0.332 e. The molecule has 4 heteroatoms. The first-order chi connectivity index (χ1) is 9.93. The maximum Gasteiger partial charge on any atom is 0.212 e. The molecule has 0 aromatic heterocycles. The first-order valence-electron chi connectivity index (χ1n) is 6.45. The average molecular weight is 260 g/mol. The van der Waals surface area contributed by atoms with Gasteiger partial charge in [-0.25, -0.2) is 9.98 Å². The molecule has 20 heavy (non-hydrogen) atoms. The lowest BCUT2D eigenvalue weighted by Crippen LogP contribution is -2.38. The molecule has 2 aliphatic heterocycles. The van der Waals surface area contributed by atoms with E-state index in [0.29, 0.717) is 0 Å².